The van der Waals surface area contributed by atoms with Gasteiger partial charge in [-0.1, -0.05) is 11.6 Å². The lowest BCUT2D eigenvalue weighted by Crippen LogP contribution is -2.18. The van der Waals surface area contributed by atoms with Crippen LogP contribution in [0.15, 0.2) is 34.2 Å². The molecule has 1 atom stereocenters. The van der Waals surface area contributed by atoms with Crippen LogP contribution in [0.5, 0.6) is 0 Å². The van der Waals surface area contributed by atoms with Crippen LogP contribution in [-0.2, 0) is 9.84 Å². The van der Waals surface area contributed by atoms with Gasteiger partial charge in [0.2, 0.25) is 0 Å². The SMILES string of the molecule is Cc1nn([C@H]2CCS(=O)(=O)C2)c(C)c1/C=C1\SC(=O)NC1=Nc1ccc(Cl)cc1. The maximum absolute atomic E-state index is 12.0. The largest absolute Gasteiger partial charge is 0.300 e. The van der Waals surface area contributed by atoms with Gasteiger partial charge in [-0.15, -0.1) is 0 Å². The maximum atomic E-state index is 12.0. The summed E-state index contributed by atoms with van der Waals surface area (Å²) >= 11 is 6.99. The van der Waals surface area contributed by atoms with E-state index in [0.717, 1.165) is 28.7 Å². The molecule has 4 rings (SSSR count). The summed E-state index contributed by atoms with van der Waals surface area (Å²) in [6.45, 7) is 3.80. The summed E-state index contributed by atoms with van der Waals surface area (Å²) in [7, 11) is -3.00. The minimum atomic E-state index is -3.00. The summed E-state index contributed by atoms with van der Waals surface area (Å²) < 4.78 is 25.5. The van der Waals surface area contributed by atoms with Gasteiger partial charge in [0, 0.05) is 16.3 Å². The zero-order chi connectivity index (χ0) is 20.8. The number of aromatic nitrogens is 2. The first-order valence-corrected chi connectivity index (χ1v) is 12.0. The van der Waals surface area contributed by atoms with E-state index < -0.39 is 9.84 Å². The second-order valence-electron chi connectivity index (χ2n) is 7.05. The molecule has 1 aromatic carbocycles. The van der Waals surface area contributed by atoms with E-state index >= 15 is 0 Å². The van der Waals surface area contributed by atoms with Crippen molar-refractivity contribution in [1.29, 1.82) is 0 Å². The van der Waals surface area contributed by atoms with Crippen molar-refractivity contribution in [2.75, 3.05) is 11.5 Å². The van der Waals surface area contributed by atoms with Gasteiger partial charge in [0.1, 0.15) is 5.84 Å². The van der Waals surface area contributed by atoms with Gasteiger partial charge in [-0.05, 0) is 62.4 Å². The van der Waals surface area contributed by atoms with E-state index in [0.29, 0.717) is 27.9 Å². The smallest absolute Gasteiger partial charge is 0.289 e. The quantitative estimate of drug-likeness (QED) is 0.761. The van der Waals surface area contributed by atoms with Crippen LogP contribution in [-0.4, -0.2) is 40.8 Å². The predicted octanol–water partition coefficient (Wildman–Crippen LogP) is 4.04. The number of carbonyl (C=O) groups is 1. The van der Waals surface area contributed by atoms with Crippen LogP contribution in [0.25, 0.3) is 6.08 Å². The van der Waals surface area contributed by atoms with Crippen molar-refractivity contribution in [2.45, 2.75) is 26.3 Å². The molecule has 0 unspecified atom stereocenters. The Hall–Kier alpha value is -2.10. The highest BCUT2D eigenvalue weighted by atomic mass is 35.5. The Labute approximate surface area is 178 Å². The Morgan fingerprint density at radius 1 is 1.31 bits per heavy atom. The first kappa shape index (κ1) is 20.2. The molecule has 29 heavy (non-hydrogen) atoms. The molecule has 2 aliphatic heterocycles. The van der Waals surface area contributed by atoms with Crippen molar-refractivity contribution in [3.8, 4) is 0 Å². The highest BCUT2D eigenvalue weighted by Gasteiger charge is 2.32. The molecule has 2 aromatic rings. The number of sulfone groups is 1. The zero-order valence-corrected chi connectivity index (χ0v) is 18.2. The number of nitrogens with zero attached hydrogens (tertiary/aromatic N) is 3. The van der Waals surface area contributed by atoms with Gasteiger partial charge in [0.05, 0.1) is 33.8 Å². The molecular formula is C19H19ClN4O3S2. The van der Waals surface area contributed by atoms with Crippen molar-refractivity contribution in [3.63, 3.8) is 0 Å². The fourth-order valence-corrected chi connectivity index (χ4v) is 6.03. The molecule has 3 heterocycles. The standard InChI is InChI=1S/C19H19ClN4O3S2/c1-11-16(12(2)24(23-11)15-7-8-29(26,27)10-15)9-17-18(22-19(25)28-17)21-14-5-3-13(20)4-6-14/h3-6,9,15H,7-8,10H2,1-2H3,(H,21,22,25)/b17-9-/t15-/m0/s1. The topological polar surface area (TPSA) is 93.4 Å². The van der Waals surface area contributed by atoms with Gasteiger partial charge in [0.25, 0.3) is 5.24 Å². The summed E-state index contributed by atoms with van der Waals surface area (Å²) in [6.07, 6.45) is 2.45. The molecule has 0 spiro atoms. The summed E-state index contributed by atoms with van der Waals surface area (Å²) in [6, 6.07) is 6.88. The molecule has 10 heteroatoms. The Morgan fingerprint density at radius 2 is 2.03 bits per heavy atom. The molecule has 152 valence electrons. The first-order chi connectivity index (χ1) is 13.7. The minimum absolute atomic E-state index is 0.114. The minimum Gasteiger partial charge on any atom is -0.300 e. The van der Waals surface area contributed by atoms with Gasteiger partial charge in [0.15, 0.2) is 9.84 Å². The lowest BCUT2D eigenvalue weighted by Gasteiger charge is -2.11. The van der Waals surface area contributed by atoms with Gasteiger partial charge >= 0.3 is 0 Å². The van der Waals surface area contributed by atoms with Gasteiger partial charge in [-0.2, -0.15) is 5.10 Å². The third kappa shape index (κ3) is 4.26. The molecule has 1 N–H and O–H groups in total. The molecule has 0 bridgehead atoms. The summed E-state index contributed by atoms with van der Waals surface area (Å²) in [5, 5.41) is 7.75. The molecule has 0 aliphatic carbocycles. The number of hydrogen-bond donors (Lipinski definition) is 1. The number of carbonyl (C=O) groups excluding carboxylic acids is 1. The van der Waals surface area contributed by atoms with E-state index in [1.807, 2.05) is 19.9 Å². The van der Waals surface area contributed by atoms with E-state index in [2.05, 4.69) is 15.4 Å². The van der Waals surface area contributed by atoms with Crippen molar-refractivity contribution >= 4 is 56.0 Å². The highest BCUT2D eigenvalue weighted by Crippen LogP contribution is 2.32. The number of thioether (sulfide) groups is 1. The number of hydrogen-bond acceptors (Lipinski definition) is 6. The summed E-state index contributed by atoms with van der Waals surface area (Å²) in [5.41, 5.74) is 3.21. The van der Waals surface area contributed by atoms with Crippen LogP contribution >= 0.6 is 23.4 Å². The molecule has 0 radical (unpaired) electrons. The molecule has 7 nitrogen and oxygen atoms in total. The summed E-state index contributed by atoms with van der Waals surface area (Å²) in [5.74, 6) is 0.777. The van der Waals surface area contributed by atoms with Crippen LogP contribution < -0.4 is 5.32 Å². The number of rotatable bonds is 3. The average Bonchev–Trinajstić information content (AvgIpc) is 3.28. The molecule has 2 aliphatic rings. The molecule has 0 saturated carbocycles. The first-order valence-electron chi connectivity index (χ1n) is 9.03. The molecule has 2 saturated heterocycles. The Morgan fingerprint density at radius 3 is 2.69 bits per heavy atom. The lowest BCUT2D eigenvalue weighted by molar-refractivity contribution is 0.265. The monoisotopic (exact) mass is 450 g/mol. The molecule has 2 fully saturated rings. The van der Waals surface area contributed by atoms with E-state index in [1.165, 1.54) is 0 Å². The number of benzene rings is 1. The molecule has 1 aromatic heterocycles. The number of amides is 1. The molecular weight excluding hydrogens is 432 g/mol. The number of aryl methyl sites for hydroxylation is 1. The van der Waals surface area contributed by atoms with E-state index in [4.69, 9.17) is 11.6 Å². The third-order valence-electron chi connectivity index (χ3n) is 4.93. The summed E-state index contributed by atoms with van der Waals surface area (Å²) in [4.78, 5) is 17.2. The molecule has 1 amide bonds. The zero-order valence-electron chi connectivity index (χ0n) is 15.8. The van der Waals surface area contributed by atoms with Crippen LogP contribution in [0.2, 0.25) is 5.02 Å². The van der Waals surface area contributed by atoms with Crippen LogP contribution in [0.3, 0.4) is 0 Å². The van der Waals surface area contributed by atoms with Crippen molar-refractivity contribution in [2.24, 2.45) is 4.99 Å². The van der Waals surface area contributed by atoms with Crippen LogP contribution in [0, 0.1) is 13.8 Å². The fourth-order valence-electron chi connectivity index (χ4n) is 3.50. The third-order valence-corrected chi connectivity index (χ3v) is 7.76. The van der Waals surface area contributed by atoms with Gasteiger partial charge < -0.3 is 5.32 Å². The van der Waals surface area contributed by atoms with Gasteiger partial charge in [-0.25, -0.2) is 13.4 Å². The second kappa shape index (κ2) is 7.62. The predicted molar refractivity (Wildman–Crippen MR) is 117 cm³/mol. The number of aliphatic imine (C=N–C) groups is 1. The Kier molecular flexibility index (Phi) is 5.30. The van der Waals surface area contributed by atoms with Crippen molar-refractivity contribution in [1.82, 2.24) is 15.1 Å². The van der Waals surface area contributed by atoms with Gasteiger partial charge in [-0.3, -0.25) is 9.48 Å². The van der Waals surface area contributed by atoms with E-state index in [9.17, 15) is 13.2 Å². The Bertz CT molecular complexity index is 1150. The van der Waals surface area contributed by atoms with Crippen LogP contribution in [0.4, 0.5) is 10.5 Å². The normalized spacial score (nSPS) is 23.8. The number of amidine groups is 1. The van der Waals surface area contributed by atoms with Crippen molar-refractivity contribution < 1.29 is 13.2 Å². The second-order valence-corrected chi connectivity index (χ2v) is 10.7. The average molecular weight is 451 g/mol. The lowest BCUT2D eigenvalue weighted by atomic mass is 10.1. The fraction of sp³-hybridized carbons (Fsp3) is 0.316. The number of halogens is 1. The van der Waals surface area contributed by atoms with E-state index in [1.54, 1.807) is 28.9 Å². The highest BCUT2D eigenvalue weighted by molar-refractivity contribution is 8.18. The van der Waals surface area contributed by atoms with Crippen LogP contribution in [0.1, 0.15) is 29.4 Å². The van der Waals surface area contributed by atoms with E-state index in [-0.39, 0.29) is 22.8 Å². The number of nitrogens with one attached hydrogen (secondary N) is 1. The maximum Gasteiger partial charge on any atom is 0.289 e. The Balaban J connectivity index is 1.69. The van der Waals surface area contributed by atoms with Crippen molar-refractivity contribution in [3.05, 3.63) is 51.1 Å².